The maximum Gasteiger partial charge on any atom is 0.163 e. The average Bonchev–Trinajstić information content (AvgIpc) is 2.89. The number of aliphatic hydroxyl groups is 2. The Morgan fingerprint density at radius 1 is 1.14 bits per heavy atom. The molecule has 1 aromatic heterocycles. The van der Waals surface area contributed by atoms with Crippen LogP contribution in [-0.2, 0) is 13.6 Å². The van der Waals surface area contributed by atoms with Gasteiger partial charge in [0.05, 0.1) is 19.8 Å². The van der Waals surface area contributed by atoms with Crippen LogP contribution in [0.1, 0.15) is 12.7 Å². The molecule has 1 aromatic carbocycles. The Morgan fingerprint density at radius 3 is 2.36 bits per heavy atom. The van der Waals surface area contributed by atoms with Crippen molar-refractivity contribution in [1.82, 2.24) is 19.7 Å². The van der Waals surface area contributed by atoms with Gasteiger partial charge in [-0.15, -0.1) is 10.2 Å². The summed E-state index contributed by atoms with van der Waals surface area (Å²) < 4.78 is 1.97. The van der Waals surface area contributed by atoms with Gasteiger partial charge in [-0.05, 0) is 7.05 Å². The van der Waals surface area contributed by atoms with E-state index in [1.165, 1.54) is 0 Å². The second-order valence-electron chi connectivity index (χ2n) is 6.16. The fourth-order valence-corrected chi connectivity index (χ4v) is 2.44. The molecule has 0 aliphatic carbocycles. The van der Waals surface area contributed by atoms with E-state index in [1.54, 1.807) is 0 Å². The van der Waals surface area contributed by atoms with E-state index in [-0.39, 0.29) is 13.2 Å². The van der Waals surface area contributed by atoms with Gasteiger partial charge in [-0.3, -0.25) is 4.90 Å². The molecular weight excluding hydrogens is 280 g/mol. The van der Waals surface area contributed by atoms with Crippen molar-refractivity contribution in [2.75, 3.05) is 26.8 Å². The van der Waals surface area contributed by atoms with Crippen LogP contribution in [0, 0.1) is 5.41 Å². The summed E-state index contributed by atoms with van der Waals surface area (Å²) in [6.45, 7) is 2.93. The molecular formula is C16H24N4O2. The van der Waals surface area contributed by atoms with Gasteiger partial charge in [0.1, 0.15) is 5.82 Å². The number of benzene rings is 1. The molecule has 2 rings (SSSR count). The molecule has 0 saturated carbocycles. The summed E-state index contributed by atoms with van der Waals surface area (Å²) in [7, 11) is 3.89. The van der Waals surface area contributed by atoms with Gasteiger partial charge in [-0.1, -0.05) is 37.3 Å². The van der Waals surface area contributed by atoms with Crippen molar-refractivity contribution in [2.45, 2.75) is 13.5 Å². The first-order chi connectivity index (χ1) is 10.5. The quantitative estimate of drug-likeness (QED) is 0.795. The number of aliphatic hydroxyl groups excluding tert-OH is 2. The molecule has 120 valence electrons. The van der Waals surface area contributed by atoms with Crippen molar-refractivity contribution >= 4 is 0 Å². The molecule has 0 aliphatic rings. The molecule has 6 nitrogen and oxygen atoms in total. The largest absolute Gasteiger partial charge is 0.396 e. The SMILES string of the molecule is CN(Cc1nnc(-c2ccccc2)n1C)CC(C)(CO)CO. The minimum absolute atomic E-state index is 0.0536. The summed E-state index contributed by atoms with van der Waals surface area (Å²) >= 11 is 0. The number of hydrogen-bond donors (Lipinski definition) is 2. The zero-order valence-electron chi connectivity index (χ0n) is 13.4. The first-order valence-electron chi connectivity index (χ1n) is 7.33. The van der Waals surface area contributed by atoms with Crippen LogP contribution in [0.5, 0.6) is 0 Å². The lowest BCUT2D eigenvalue weighted by Gasteiger charge is -2.30. The minimum atomic E-state index is -0.518. The molecule has 22 heavy (non-hydrogen) atoms. The summed E-state index contributed by atoms with van der Waals surface area (Å²) in [5, 5.41) is 27.3. The van der Waals surface area contributed by atoms with Crippen LogP contribution in [0.3, 0.4) is 0 Å². The monoisotopic (exact) mass is 304 g/mol. The Morgan fingerprint density at radius 2 is 1.77 bits per heavy atom. The molecule has 2 aromatic rings. The van der Waals surface area contributed by atoms with Crippen LogP contribution in [0.2, 0.25) is 0 Å². The van der Waals surface area contributed by atoms with Gasteiger partial charge in [0.25, 0.3) is 0 Å². The summed E-state index contributed by atoms with van der Waals surface area (Å²) in [5.41, 5.74) is 0.511. The van der Waals surface area contributed by atoms with Gasteiger partial charge < -0.3 is 14.8 Å². The van der Waals surface area contributed by atoms with Gasteiger partial charge >= 0.3 is 0 Å². The van der Waals surface area contributed by atoms with E-state index in [1.807, 2.05) is 60.8 Å². The summed E-state index contributed by atoms with van der Waals surface area (Å²) in [5.74, 6) is 1.68. The second-order valence-corrected chi connectivity index (χ2v) is 6.16. The van der Waals surface area contributed by atoms with Gasteiger partial charge in [-0.2, -0.15) is 0 Å². The van der Waals surface area contributed by atoms with Crippen molar-refractivity contribution < 1.29 is 10.2 Å². The Hall–Kier alpha value is -1.76. The normalized spacial score (nSPS) is 12.1. The topological polar surface area (TPSA) is 74.4 Å². The molecule has 0 amide bonds. The lowest BCUT2D eigenvalue weighted by molar-refractivity contribution is 0.0394. The predicted octanol–water partition coefficient (Wildman–Crippen LogP) is 0.905. The molecule has 2 N–H and O–H groups in total. The van der Waals surface area contributed by atoms with Gasteiger partial charge in [-0.25, -0.2) is 0 Å². The van der Waals surface area contributed by atoms with E-state index in [9.17, 15) is 10.2 Å². The predicted molar refractivity (Wildman–Crippen MR) is 85.1 cm³/mol. The van der Waals surface area contributed by atoms with Crippen molar-refractivity contribution in [3.63, 3.8) is 0 Å². The highest BCUT2D eigenvalue weighted by atomic mass is 16.3. The van der Waals surface area contributed by atoms with Crippen LogP contribution in [0.15, 0.2) is 30.3 Å². The highest BCUT2D eigenvalue weighted by Gasteiger charge is 2.25. The summed E-state index contributed by atoms with van der Waals surface area (Å²) in [4.78, 5) is 2.03. The highest BCUT2D eigenvalue weighted by molar-refractivity contribution is 5.54. The number of nitrogens with zero attached hydrogens (tertiary/aromatic N) is 4. The van der Waals surface area contributed by atoms with Crippen molar-refractivity contribution in [3.05, 3.63) is 36.2 Å². The van der Waals surface area contributed by atoms with Crippen LogP contribution in [-0.4, -0.2) is 56.7 Å². The van der Waals surface area contributed by atoms with Gasteiger partial charge in [0.2, 0.25) is 0 Å². The molecule has 1 heterocycles. The molecule has 0 bridgehead atoms. The molecule has 6 heteroatoms. The first kappa shape index (κ1) is 16.6. The van der Waals surface area contributed by atoms with E-state index in [4.69, 9.17) is 0 Å². The number of rotatable bonds is 7. The standard InChI is InChI=1S/C16H24N4O2/c1-16(11-21,12-22)10-19(2)9-14-17-18-15(20(14)3)13-7-5-4-6-8-13/h4-8,21-22H,9-12H2,1-3H3. The van der Waals surface area contributed by atoms with Crippen molar-refractivity contribution in [2.24, 2.45) is 12.5 Å². The maximum atomic E-state index is 9.39. The van der Waals surface area contributed by atoms with Gasteiger partial charge in [0, 0.05) is 24.6 Å². The third-order valence-electron chi connectivity index (χ3n) is 3.82. The molecule has 0 atom stereocenters. The van der Waals surface area contributed by atoms with E-state index in [0.29, 0.717) is 13.1 Å². The van der Waals surface area contributed by atoms with Crippen LogP contribution < -0.4 is 0 Å². The highest BCUT2D eigenvalue weighted by Crippen LogP contribution is 2.19. The third-order valence-corrected chi connectivity index (χ3v) is 3.82. The number of hydrogen-bond acceptors (Lipinski definition) is 5. The van der Waals surface area contributed by atoms with E-state index in [2.05, 4.69) is 10.2 Å². The van der Waals surface area contributed by atoms with Crippen molar-refractivity contribution in [1.29, 1.82) is 0 Å². The Kier molecular flexibility index (Phi) is 5.28. The van der Waals surface area contributed by atoms with E-state index < -0.39 is 5.41 Å². The van der Waals surface area contributed by atoms with Gasteiger partial charge in [0.15, 0.2) is 5.82 Å². The molecule has 0 saturated heterocycles. The Labute approximate surface area is 131 Å². The molecule has 0 fully saturated rings. The fraction of sp³-hybridized carbons (Fsp3) is 0.500. The second kappa shape index (κ2) is 7.00. The minimum Gasteiger partial charge on any atom is -0.396 e. The Bertz CT molecular complexity index is 593. The van der Waals surface area contributed by atoms with E-state index >= 15 is 0 Å². The number of aromatic nitrogens is 3. The molecule has 0 radical (unpaired) electrons. The van der Waals surface area contributed by atoms with Crippen LogP contribution in [0.4, 0.5) is 0 Å². The summed E-state index contributed by atoms with van der Waals surface area (Å²) in [6, 6.07) is 9.94. The zero-order chi connectivity index (χ0) is 16.2. The third kappa shape index (κ3) is 3.71. The first-order valence-corrected chi connectivity index (χ1v) is 7.33. The molecule has 0 aliphatic heterocycles. The van der Waals surface area contributed by atoms with Crippen molar-refractivity contribution in [3.8, 4) is 11.4 Å². The molecule has 0 unspecified atom stereocenters. The van der Waals surface area contributed by atoms with Crippen LogP contribution in [0.25, 0.3) is 11.4 Å². The smallest absolute Gasteiger partial charge is 0.163 e. The zero-order valence-corrected chi connectivity index (χ0v) is 13.4. The fourth-order valence-electron chi connectivity index (χ4n) is 2.44. The van der Waals surface area contributed by atoms with E-state index in [0.717, 1.165) is 17.2 Å². The lowest BCUT2D eigenvalue weighted by atomic mass is 9.92. The summed E-state index contributed by atoms with van der Waals surface area (Å²) in [6.07, 6.45) is 0. The van der Waals surface area contributed by atoms with Crippen LogP contribution >= 0.6 is 0 Å². The maximum absolute atomic E-state index is 9.39. The lowest BCUT2D eigenvalue weighted by Crippen LogP contribution is -2.39. The Balaban J connectivity index is 2.10. The molecule has 0 spiro atoms. The average molecular weight is 304 g/mol.